The van der Waals surface area contributed by atoms with Gasteiger partial charge in [0.15, 0.2) is 5.13 Å². The molecule has 1 aromatic heterocycles. The predicted molar refractivity (Wildman–Crippen MR) is 83.0 cm³/mol. The second kappa shape index (κ2) is 5.18. The number of aromatic nitrogens is 1. The van der Waals surface area contributed by atoms with Gasteiger partial charge in [0.05, 0.1) is 5.69 Å². The van der Waals surface area contributed by atoms with Crippen molar-refractivity contribution in [3.8, 4) is 0 Å². The van der Waals surface area contributed by atoms with Crippen LogP contribution in [0, 0.1) is 6.92 Å². The summed E-state index contributed by atoms with van der Waals surface area (Å²) < 4.78 is 1.04. The fourth-order valence-corrected chi connectivity index (χ4v) is 3.80. The third-order valence-corrected chi connectivity index (χ3v) is 5.43. The molecule has 2 N–H and O–H groups in total. The highest BCUT2D eigenvalue weighted by Crippen LogP contribution is 2.39. The number of nitrogens with zero attached hydrogens (tertiary/aromatic N) is 1. The lowest BCUT2D eigenvalue weighted by atomic mass is 10.1. The fraction of sp³-hybridized carbons (Fsp3) is 0.286. The van der Waals surface area contributed by atoms with E-state index in [0.29, 0.717) is 6.42 Å². The van der Waals surface area contributed by atoms with E-state index in [1.54, 1.807) is 11.3 Å². The van der Waals surface area contributed by atoms with Gasteiger partial charge >= 0.3 is 5.97 Å². The quantitative estimate of drug-likeness (QED) is 0.873. The molecule has 0 spiro atoms. The molecule has 0 radical (unpaired) electrons. The maximum atomic E-state index is 11.2. The summed E-state index contributed by atoms with van der Waals surface area (Å²) in [6.07, 6.45) is 1.48. The Morgan fingerprint density at radius 2 is 2.35 bits per heavy atom. The maximum absolute atomic E-state index is 11.2. The molecule has 0 bridgehead atoms. The average molecular weight is 353 g/mol. The van der Waals surface area contributed by atoms with E-state index in [9.17, 15) is 9.90 Å². The summed E-state index contributed by atoms with van der Waals surface area (Å²) >= 11 is 5.05. The van der Waals surface area contributed by atoms with Crippen LogP contribution in [0.4, 0.5) is 10.8 Å². The predicted octanol–water partition coefficient (Wildman–Crippen LogP) is 4.07. The minimum atomic E-state index is -0.778. The van der Waals surface area contributed by atoms with Crippen LogP contribution in [0.1, 0.15) is 28.5 Å². The highest BCUT2D eigenvalue weighted by atomic mass is 79.9. The first-order valence-electron chi connectivity index (χ1n) is 6.31. The van der Waals surface area contributed by atoms with E-state index in [1.165, 1.54) is 0 Å². The summed E-state index contributed by atoms with van der Waals surface area (Å²) in [6.45, 7) is 2.02. The van der Waals surface area contributed by atoms with Crippen LogP contribution in [0.2, 0.25) is 0 Å². The second-order valence-electron chi connectivity index (χ2n) is 4.79. The van der Waals surface area contributed by atoms with Gasteiger partial charge in [0.2, 0.25) is 0 Å². The molecular formula is C14H13BrN2O2S. The van der Waals surface area contributed by atoms with E-state index in [-0.39, 0.29) is 0 Å². The molecule has 1 aliphatic rings. The molecule has 1 atom stereocenters. The molecule has 1 unspecified atom stereocenters. The van der Waals surface area contributed by atoms with Gasteiger partial charge in [-0.05, 0) is 37.5 Å². The van der Waals surface area contributed by atoms with Gasteiger partial charge in [-0.3, -0.25) is 4.79 Å². The standard InChI is InChI=1S/C14H13BrN2O2S/c1-7-9(15)3-2-4-10(7)16-14-17-12-8(13(18)19)5-6-11(12)20-14/h2-4,8H,5-6H2,1H3,(H,16,17)(H,18,19). The first-order valence-corrected chi connectivity index (χ1v) is 7.91. The van der Waals surface area contributed by atoms with Gasteiger partial charge in [-0.25, -0.2) is 4.98 Å². The van der Waals surface area contributed by atoms with E-state index in [0.717, 1.165) is 37.8 Å². The van der Waals surface area contributed by atoms with Gasteiger partial charge in [-0.1, -0.05) is 22.0 Å². The van der Waals surface area contributed by atoms with Crippen molar-refractivity contribution in [2.75, 3.05) is 5.32 Å². The number of carboxylic acid groups (broad SMARTS) is 1. The van der Waals surface area contributed by atoms with Gasteiger partial charge in [-0.15, -0.1) is 11.3 Å². The van der Waals surface area contributed by atoms with Crippen molar-refractivity contribution < 1.29 is 9.90 Å². The Labute approximate surface area is 129 Å². The molecule has 4 nitrogen and oxygen atoms in total. The number of rotatable bonds is 3. The van der Waals surface area contributed by atoms with Crippen molar-refractivity contribution in [1.29, 1.82) is 0 Å². The third kappa shape index (κ3) is 2.33. The van der Waals surface area contributed by atoms with E-state index >= 15 is 0 Å². The van der Waals surface area contributed by atoms with Crippen molar-refractivity contribution in [3.63, 3.8) is 0 Å². The Balaban J connectivity index is 1.88. The van der Waals surface area contributed by atoms with E-state index in [1.807, 2.05) is 25.1 Å². The monoisotopic (exact) mass is 352 g/mol. The van der Waals surface area contributed by atoms with Crippen LogP contribution in [-0.4, -0.2) is 16.1 Å². The zero-order valence-corrected chi connectivity index (χ0v) is 13.2. The normalized spacial score (nSPS) is 17.0. The van der Waals surface area contributed by atoms with Crippen molar-refractivity contribution in [2.24, 2.45) is 0 Å². The molecule has 1 heterocycles. The average Bonchev–Trinajstić information content (AvgIpc) is 2.94. The largest absolute Gasteiger partial charge is 0.481 e. The molecule has 0 saturated heterocycles. The number of halogens is 1. The van der Waals surface area contributed by atoms with Crippen LogP contribution >= 0.6 is 27.3 Å². The van der Waals surface area contributed by atoms with Crippen molar-refractivity contribution in [1.82, 2.24) is 4.98 Å². The molecule has 6 heteroatoms. The zero-order valence-electron chi connectivity index (χ0n) is 10.8. The molecule has 3 rings (SSSR count). The number of nitrogens with one attached hydrogen (secondary N) is 1. The fourth-order valence-electron chi connectivity index (χ4n) is 2.38. The first kappa shape index (κ1) is 13.6. The van der Waals surface area contributed by atoms with Gasteiger partial charge in [0.1, 0.15) is 5.92 Å². The number of hydrogen-bond acceptors (Lipinski definition) is 4. The molecule has 1 aromatic carbocycles. The Hall–Kier alpha value is -1.40. The minimum absolute atomic E-state index is 0.444. The molecule has 0 saturated carbocycles. The topological polar surface area (TPSA) is 62.2 Å². The van der Waals surface area contributed by atoms with Crippen LogP contribution in [0.25, 0.3) is 0 Å². The van der Waals surface area contributed by atoms with Gasteiger partial charge in [-0.2, -0.15) is 0 Å². The SMILES string of the molecule is Cc1c(Br)cccc1Nc1nc2c(s1)CCC2C(=O)O. The molecular weight excluding hydrogens is 340 g/mol. The molecule has 2 aromatic rings. The van der Waals surface area contributed by atoms with Crippen LogP contribution in [0.5, 0.6) is 0 Å². The molecule has 0 aliphatic heterocycles. The minimum Gasteiger partial charge on any atom is -0.481 e. The van der Waals surface area contributed by atoms with Gasteiger partial charge in [0.25, 0.3) is 0 Å². The number of fused-ring (bicyclic) bond motifs is 1. The number of benzene rings is 1. The van der Waals surface area contributed by atoms with Crippen LogP contribution in [-0.2, 0) is 11.2 Å². The van der Waals surface area contributed by atoms with Crippen LogP contribution in [0.3, 0.4) is 0 Å². The number of aliphatic carboxylic acids is 1. The van der Waals surface area contributed by atoms with Crippen molar-refractivity contribution in [3.05, 3.63) is 38.8 Å². The second-order valence-corrected chi connectivity index (χ2v) is 6.73. The summed E-state index contributed by atoms with van der Waals surface area (Å²) in [5, 5.41) is 13.2. The molecule has 20 heavy (non-hydrogen) atoms. The summed E-state index contributed by atoms with van der Waals surface area (Å²) in [5.41, 5.74) is 2.83. The number of carbonyl (C=O) groups is 1. The Morgan fingerprint density at radius 3 is 3.10 bits per heavy atom. The maximum Gasteiger partial charge on any atom is 0.312 e. The number of thiazole rings is 1. The smallest absolute Gasteiger partial charge is 0.312 e. The van der Waals surface area contributed by atoms with Crippen molar-refractivity contribution >= 4 is 44.1 Å². The number of carboxylic acids is 1. The summed E-state index contributed by atoms with van der Waals surface area (Å²) in [5.74, 6) is -1.22. The molecule has 0 amide bonds. The number of anilines is 2. The van der Waals surface area contributed by atoms with E-state index < -0.39 is 11.9 Å². The third-order valence-electron chi connectivity index (χ3n) is 3.53. The highest BCUT2D eigenvalue weighted by Gasteiger charge is 2.32. The molecule has 0 fully saturated rings. The van der Waals surface area contributed by atoms with Gasteiger partial charge < -0.3 is 10.4 Å². The van der Waals surface area contributed by atoms with E-state index in [2.05, 4.69) is 26.2 Å². The summed E-state index contributed by atoms with van der Waals surface area (Å²) in [7, 11) is 0. The van der Waals surface area contributed by atoms with Crippen LogP contribution < -0.4 is 5.32 Å². The zero-order chi connectivity index (χ0) is 14.3. The lowest BCUT2D eigenvalue weighted by Crippen LogP contribution is -2.08. The summed E-state index contributed by atoms with van der Waals surface area (Å²) in [6, 6.07) is 5.94. The summed E-state index contributed by atoms with van der Waals surface area (Å²) in [4.78, 5) is 16.7. The number of hydrogen-bond donors (Lipinski definition) is 2. The number of aryl methyl sites for hydroxylation is 1. The van der Waals surface area contributed by atoms with Gasteiger partial charge in [0, 0.05) is 15.0 Å². The Bertz CT molecular complexity index is 684. The van der Waals surface area contributed by atoms with Crippen molar-refractivity contribution in [2.45, 2.75) is 25.7 Å². The lowest BCUT2D eigenvalue weighted by molar-refractivity contribution is -0.138. The Kier molecular flexibility index (Phi) is 3.52. The highest BCUT2D eigenvalue weighted by molar-refractivity contribution is 9.10. The lowest BCUT2D eigenvalue weighted by Gasteiger charge is -2.08. The first-order chi connectivity index (χ1) is 9.56. The van der Waals surface area contributed by atoms with Crippen LogP contribution in [0.15, 0.2) is 22.7 Å². The Morgan fingerprint density at radius 1 is 1.55 bits per heavy atom. The van der Waals surface area contributed by atoms with E-state index in [4.69, 9.17) is 0 Å². The molecule has 1 aliphatic carbocycles. The molecule has 104 valence electrons.